The zero-order chi connectivity index (χ0) is 19.5. The van der Waals surface area contributed by atoms with Gasteiger partial charge in [0.05, 0.1) is 25.1 Å². The van der Waals surface area contributed by atoms with Crippen LogP contribution in [0.25, 0.3) is 22.3 Å². The van der Waals surface area contributed by atoms with Crippen molar-refractivity contribution in [3.05, 3.63) is 72.5 Å². The van der Waals surface area contributed by atoms with Gasteiger partial charge in [0.2, 0.25) is 5.88 Å². The van der Waals surface area contributed by atoms with Crippen LogP contribution in [0.5, 0.6) is 23.1 Å². The summed E-state index contributed by atoms with van der Waals surface area (Å²) in [5, 5.41) is 0.767. The number of nitrogens with zero attached hydrogens (tertiary/aromatic N) is 2. The highest BCUT2D eigenvalue weighted by molar-refractivity contribution is 5.85. The second kappa shape index (κ2) is 7.52. The number of aromatic nitrogens is 2. The van der Waals surface area contributed by atoms with Crippen molar-refractivity contribution in [3.63, 3.8) is 0 Å². The molecule has 0 aliphatic carbocycles. The van der Waals surface area contributed by atoms with Crippen molar-refractivity contribution in [2.75, 3.05) is 14.2 Å². The van der Waals surface area contributed by atoms with Crippen molar-refractivity contribution >= 4 is 10.9 Å². The monoisotopic (exact) mass is 376 g/mol. The average molecular weight is 376 g/mol. The fourth-order valence-electron chi connectivity index (χ4n) is 2.85. The lowest BCUT2D eigenvalue weighted by Gasteiger charge is -2.12. The molecule has 0 spiro atoms. The van der Waals surface area contributed by atoms with E-state index < -0.39 is 0 Å². The van der Waals surface area contributed by atoms with E-state index >= 15 is 0 Å². The lowest BCUT2D eigenvalue weighted by Crippen LogP contribution is -1.97. The van der Waals surface area contributed by atoms with Crippen molar-refractivity contribution in [2.45, 2.75) is 0 Å². The Balaban J connectivity index is 1.80. The lowest BCUT2D eigenvalue weighted by molar-refractivity contribution is 0.352. The van der Waals surface area contributed by atoms with Gasteiger partial charge in [-0.25, -0.2) is 9.37 Å². The molecule has 1 heterocycles. The van der Waals surface area contributed by atoms with Gasteiger partial charge >= 0.3 is 0 Å². The van der Waals surface area contributed by atoms with Gasteiger partial charge in [0.15, 0.2) is 17.3 Å². The van der Waals surface area contributed by atoms with E-state index in [0.29, 0.717) is 34.5 Å². The van der Waals surface area contributed by atoms with Crippen molar-refractivity contribution in [3.8, 4) is 34.5 Å². The number of rotatable bonds is 5. The van der Waals surface area contributed by atoms with Crippen LogP contribution >= 0.6 is 0 Å². The van der Waals surface area contributed by atoms with Crippen LogP contribution in [0.4, 0.5) is 4.39 Å². The van der Waals surface area contributed by atoms with Gasteiger partial charge in [0.1, 0.15) is 11.6 Å². The molecule has 0 amide bonds. The van der Waals surface area contributed by atoms with Gasteiger partial charge in [-0.05, 0) is 48.5 Å². The fourth-order valence-corrected chi connectivity index (χ4v) is 2.85. The highest BCUT2D eigenvalue weighted by Gasteiger charge is 2.13. The maximum absolute atomic E-state index is 13.3. The molecule has 0 saturated heterocycles. The first-order valence-electron chi connectivity index (χ1n) is 8.60. The summed E-state index contributed by atoms with van der Waals surface area (Å²) < 4.78 is 29.9. The topological polar surface area (TPSA) is 53.5 Å². The molecule has 0 unspecified atom stereocenters. The Morgan fingerprint density at radius 3 is 2.29 bits per heavy atom. The molecule has 0 N–H and O–H groups in total. The Kier molecular flexibility index (Phi) is 4.76. The molecule has 0 fully saturated rings. The lowest BCUT2D eigenvalue weighted by atomic mass is 10.2. The molecule has 140 valence electrons. The molecule has 5 nitrogen and oxygen atoms in total. The van der Waals surface area contributed by atoms with Crippen molar-refractivity contribution in [1.82, 2.24) is 9.97 Å². The van der Waals surface area contributed by atoms with Crippen molar-refractivity contribution < 1.29 is 18.6 Å². The normalized spacial score (nSPS) is 10.7. The molecule has 4 aromatic rings. The van der Waals surface area contributed by atoms with E-state index in [1.54, 1.807) is 44.6 Å². The number of hydrogen-bond acceptors (Lipinski definition) is 5. The Labute approximate surface area is 161 Å². The van der Waals surface area contributed by atoms with E-state index in [1.165, 1.54) is 12.1 Å². The first kappa shape index (κ1) is 17.7. The molecule has 28 heavy (non-hydrogen) atoms. The standard InChI is InChI=1S/C22H17FN2O3/c1-26-19-12-11-16(13-20(19)27-2)28-22-17-5-3-4-6-18(17)24-21(25-22)14-7-9-15(23)10-8-14/h3-13H,1-2H3. The maximum Gasteiger partial charge on any atom is 0.230 e. The molecule has 0 aliphatic rings. The molecule has 1 aromatic heterocycles. The Bertz CT molecular complexity index is 1130. The highest BCUT2D eigenvalue weighted by atomic mass is 19.1. The van der Waals surface area contributed by atoms with Gasteiger partial charge in [-0.1, -0.05) is 12.1 Å². The third-order valence-corrected chi connectivity index (χ3v) is 4.24. The molecule has 0 bridgehead atoms. The highest BCUT2D eigenvalue weighted by Crippen LogP contribution is 2.35. The average Bonchev–Trinajstić information content (AvgIpc) is 2.74. The minimum Gasteiger partial charge on any atom is -0.493 e. The molecule has 4 rings (SSSR count). The third-order valence-electron chi connectivity index (χ3n) is 4.24. The van der Waals surface area contributed by atoms with Gasteiger partial charge in [-0.3, -0.25) is 0 Å². The minimum absolute atomic E-state index is 0.314. The van der Waals surface area contributed by atoms with Gasteiger partial charge in [0, 0.05) is 11.6 Å². The van der Waals surface area contributed by atoms with Crippen LogP contribution in [0.2, 0.25) is 0 Å². The number of ether oxygens (including phenoxy) is 3. The molecule has 0 aliphatic heterocycles. The summed E-state index contributed by atoms with van der Waals surface area (Å²) in [5.74, 6) is 2.25. The predicted molar refractivity (Wildman–Crippen MR) is 105 cm³/mol. The Morgan fingerprint density at radius 2 is 1.54 bits per heavy atom. The van der Waals surface area contributed by atoms with E-state index in [4.69, 9.17) is 14.2 Å². The largest absolute Gasteiger partial charge is 0.493 e. The molecule has 6 heteroatoms. The van der Waals surface area contributed by atoms with Gasteiger partial charge in [-0.15, -0.1) is 0 Å². The SMILES string of the molecule is COc1ccc(Oc2nc(-c3ccc(F)cc3)nc3ccccc23)cc1OC. The quantitative estimate of drug-likeness (QED) is 0.476. The minimum atomic E-state index is -0.314. The van der Waals surface area contributed by atoms with Crippen molar-refractivity contribution in [2.24, 2.45) is 0 Å². The second-order valence-electron chi connectivity index (χ2n) is 6.00. The van der Waals surface area contributed by atoms with Gasteiger partial charge in [-0.2, -0.15) is 4.98 Å². The first-order valence-corrected chi connectivity index (χ1v) is 8.60. The second-order valence-corrected chi connectivity index (χ2v) is 6.00. The molecule has 0 saturated carbocycles. The summed E-state index contributed by atoms with van der Waals surface area (Å²) in [5.41, 5.74) is 1.43. The van der Waals surface area contributed by atoms with E-state index in [-0.39, 0.29) is 5.82 Å². The molecular weight excluding hydrogens is 359 g/mol. The van der Waals surface area contributed by atoms with Crippen LogP contribution < -0.4 is 14.2 Å². The zero-order valence-corrected chi connectivity index (χ0v) is 15.3. The number of halogens is 1. The van der Waals surface area contributed by atoms with Crippen LogP contribution in [0.3, 0.4) is 0 Å². The third kappa shape index (κ3) is 3.44. The van der Waals surface area contributed by atoms with Crippen LogP contribution in [0.15, 0.2) is 66.7 Å². The molecule has 0 radical (unpaired) electrons. The molecule has 3 aromatic carbocycles. The van der Waals surface area contributed by atoms with E-state index in [2.05, 4.69) is 9.97 Å². The van der Waals surface area contributed by atoms with Gasteiger partial charge < -0.3 is 14.2 Å². The predicted octanol–water partition coefficient (Wildman–Crippen LogP) is 5.25. The number of fused-ring (bicyclic) bond motifs is 1. The Morgan fingerprint density at radius 1 is 0.786 bits per heavy atom. The molecule has 0 atom stereocenters. The van der Waals surface area contributed by atoms with Crippen LogP contribution in [0, 0.1) is 5.82 Å². The summed E-state index contributed by atoms with van der Waals surface area (Å²) in [6.45, 7) is 0. The Hall–Kier alpha value is -3.67. The molecular formula is C22H17FN2O3. The zero-order valence-electron chi connectivity index (χ0n) is 15.3. The van der Waals surface area contributed by atoms with Crippen molar-refractivity contribution in [1.29, 1.82) is 0 Å². The van der Waals surface area contributed by atoms with Crippen LogP contribution in [-0.2, 0) is 0 Å². The number of methoxy groups -OCH3 is 2. The summed E-state index contributed by atoms with van der Waals surface area (Å²) in [6, 6.07) is 18.9. The van der Waals surface area contributed by atoms with Crippen LogP contribution in [-0.4, -0.2) is 24.2 Å². The summed E-state index contributed by atoms with van der Waals surface area (Å²) in [4.78, 5) is 9.15. The fraction of sp³-hybridized carbons (Fsp3) is 0.0909. The summed E-state index contributed by atoms with van der Waals surface area (Å²) in [7, 11) is 3.14. The summed E-state index contributed by atoms with van der Waals surface area (Å²) in [6.07, 6.45) is 0. The van der Waals surface area contributed by atoms with E-state index in [0.717, 1.165) is 10.9 Å². The number of hydrogen-bond donors (Lipinski definition) is 0. The number of para-hydroxylation sites is 1. The number of benzene rings is 3. The smallest absolute Gasteiger partial charge is 0.230 e. The maximum atomic E-state index is 13.3. The van der Waals surface area contributed by atoms with E-state index in [1.807, 2.05) is 24.3 Å². The van der Waals surface area contributed by atoms with Crippen LogP contribution in [0.1, 0.15) is 0 Å². The van der Waals surface area contributed by atoms with Gasteiger partial charge in [0.25, 0.3) is 0 Å². The first-order chi connectivity index (χ1) is 13.7. The summed E-state index contributed by atoms with van der Waals surface area (Å²) >= 11 is 0. The van der Waals surface area contributed by atoms with E-state index in [9.17, 15) is 4.39 Å².